The molecule has 0 aliphatic heterocycles. The second-order valence-electron chi connectivity index (χ2n) is 16.5. The minimum atomic E-state index is -0.128. The molecule has 1 heterocycles. The van der Waals surface area contributed by atoms with Crippen LogP contribution >= 0.6 is 0 Å². The number of hydrogen-bond acceptors (Lipinski definition) is 3. The fourth-order valence-electron chi connectivity index (χ4n) is 8.54. The van der Waals surface area contributed by atoms with Gasteiger partial charge in [0.25, 0.3) is 0 Å². The van der Waals surface area contributed by atoms with Gasteiger partial charge < -0.3 is 4.74 Å². The van der Waals surface area contributed by atoms with Gasteiger partial charge in [-0.25, -0.2) is 9.97 Å². The maximum Gasteiger partial charge on any atom is 0.160 e. The smallest absolute Gasteiger partial charge is 0.160 e. The summed E-state index contributed by atoms with van der Waals surface area (Å²) in [5.41, 5.74) is 12.9. The van der Waals surface area contributed by atoms with E-state index in [4.69, 9.17) is 14.7 Å². The Bertz CT molecular complexity index is 2990. The van der Waals surface area contributed by atoms with Gasteiger partial charge in [0.15, 0.2) is 5.82 Å². The molecule has 0 spiro atoms. The fourth-order valence-corrected chi connectivity index (χ4v) is 8.54. The van der Waals surface area contributed by atoms with E-state index in [2.05, 4.69) is 187 Å². The Morgan fingerprint density at radius 2 is 1.14 bits per heavy atom. The third-order valence-corrected chi connectivity index (χ3v) is 11.2. The molecule has 282 valence electrons. The molecule has 1 atom stereocenters. The van der Waals surface area contributed by atoms with Gasteiger partial charge in [0.05, 0.1) is 11.2 Å². The lowest BCUT2D eigenvalue weighted by molar-refractivity contribution is 0.118. The van der Waals surface area contributed by atoms with Gasteiger partial charge in [-0.3, -0.25) is 0 Å². The fraction of sp³-hybridized carbons (Fsp3) is 0.127. The zero-order valence-electron chi connectivity index (χ0n) is 33.8. The van der Waals surface area contributed by atoms with Gasteiger partial charge >= 0.3 is 0 Å². The summed E-state index contributed by atoms with van der Waals surface area (Å²) in [7, 11) is 0. The molecule has 9 aromatic rings. The van der Waals surface area contributed by atoms with Crippen LogP contribution in [0.15, 0.2) is 182 Å². The van der Waals surface area contributed by atoms with Crippen LogP contribution in [0.2, 0.25) is 0 Å². The predicted molar refractivity (Wildman–Crippen MR) is 245 cm³/mol. The molecular weight excluding hydrogens is 705 g/mol. The third kappa shape index (κ3) is 6.83. The molecule has 0 saturated carbocycles. The van der Waals surface area contributed by atoms with Crippen LogP contribution in [0.4, 0.5) is 0 Å². The Morgan fingerprint density at radius 3 is 1.86 bits per heavy atom. The Morgan fingerprint density at radius 1 is 0.534 bits per heavy atom. The van der Waals surface area contributed by atoms with Crippen molar-refractivity contribution in [3.05, 3.63) is 188 Å². The summed E-state index contributed by atoms with van der Waals surface area (Å²) in [6.07, 6.45) is -0.128. The van der Waals surface area contributed by atoms with E-state index in [0.717, 1.165) is 72.5 Å². The lowest BCUT2D eigenvalue weighted by atomic mass is 9.85. The highest BCUT2D eigenvalue weighted by atomic mass is 16.5. The average Bonchev–Trinajstić information content (AvgIpc) is 3.24. The van der Waals surface area contributed by atoms with Gasteiger partial charge in [0.2, 0.25) is 0 Å². The van der Waals surface area contributed by atoms with E-state index in [1.165, 1.54) is 32.8 Å². The molecule has 0 amide bonds. The Hall–Kier alpha value is -6.84. The van der Waals surface area contributed by atoms with E-state index in [1.54, 1.807) is 0 Å². The summed E-state index contributed by atoms with van der Waals surface area (Å²) >= 11 is 0. The summed E-state index contributed by atoms with van der Waals surface area (Å²) in [5.74, 6) is 1.61. The number of fused-ring (bicyclic) bond motifs is 3. The van der Waals surface area contributed by atoms with Crippen molar-refractivity contribution in [1.29, 1.82) is 0 Å². The summed E-state index contributed by atoms with van der Waals surface area (Å²) in [6.45, 7) is 15.2. The molecule has 0 fully saturated rings. The second kappa shape index (κ2) is 14.9. The predicted octanol–water partition coefficient (Wildman–Crippen LogP) is 14.9. The number of aromatic nitrogens is 2. The molecule has 0 radical (unpaired) electrons. The molecule has 0 saturated heterocycles. The number of rotatable bonds is 8. The molecule has 9 rings (SSSR count). The maximum absolute atomic E-state index is 6.87. The largest absolute Gasteiger partial charge is 0.485 e. The topological polar surface area (TPSA) is 35.0 Å². The Labute approximate surface area is 341 Å². The maximum atomic E-state index is 6.87. The van der Waals surface area contributed by atoms with Crippen molar-refractivity contribution in [3.63, 3.8) is 0 Å². The number of para-hydroxylation sites is 1. The van der Waals surface area contributed by atoms with Crippen LogP contribution < -0.4 is 4.74 Å². The Balaban J connectivity index is 1.18. The van der Waals surface area contributed by atoms with E-state index < -0.39 is 0 Å². The lowest BCUT2D eigenvalue weighted by Gasteiger charge is -2.32. The number of ether oxygens (including phenoxy) is 1. The zero-order chi connectivity index (χ0) is 40.0. The highest BCUT2D eigenvalue weighted by Gasteiger charge is 2.28. The molecule has 8 aromatic carbocycles. The van der Waals surface area contributed by atoms with Crippen LogP contribution in [-0.2, 0) is 0 Å². The monoisotopic (exact) mass is 750 g/mol. The van der Waals surface area contributed by atoms with Crippen LogP contribution in [0.3, 0.4) is 0 Å². The van der Waals surface area contributed by atoms with Gasteiger partial charge in [-0.05, 0) is 98.1 Å². The van der Waals surface area contributed by atoms with Crippen LogP contribution in [0.1, 0.15) is 33.3 Å². The van der Waals surface area contributed by atoms with E-state index in [1.807, 2.05) is 24.3 Å². The molecule has 0 aliphatic rings. The summed E-state index contributed by atoms with van der Waals surface area (Å²) in [6, 6.07) is 60.4. The molecule has 58 heavy (non-hydrogen) atoms. The number of hydrogen-bond donors (Lipinski definition) is 0. The standard InChI is InChI=1S/C55H46N2O/c1-35(2)53(55(4,5)6)58-49-34-42-20-11-13-24-45(42)50(36(49)3)43-22-16-21-41(33-43)46-32-31-37-17-10-12-23-44(37)51(46)38-27-29-39(30-28-38)52-47-25-14-15-26-48(47)56-54(57-52)40-18-8-7-9-19-40/h7-34,53H,1H2,2-6H3. The molecule has 3 heteroatoms. The van der Waals surface area contributed by atoms with E-state index >= 15 is 0 Å². The first-order chi connectivity index (χ1) is 28.1. The highest BCUT2D eigenvalue weighted by molar-refractivity contribution is 6.06. The number of nitrogens with zero attached hydrogens (tertiary/aromatic N) is 2. The van der Waals surface area contributed by atoms with Crippen LogP contribution in [0.25, 0.3) is 88.5 Å². The van der Waals surface area contributed by atoms with Crippen molar-refractivity contribution in [2.45, 2.75) is 40.7 Å². The lowest BCUT2D eigenvalue weighted by Crippen LogP contribution is -2.33. The van der Waals surface area contributed by atoms with Crippen molar-refractivity contribution in [2.24, 2.45) is 5.41 Å². The van der Waals surface area contributed by atoms with Gasteiger partial charge in [0, 0.05) is 21.9 Å². The van der Waals surface area contributed by atoms with Gasteiger partial charge in [-0.2, -0.15) is 0 Å². The van der Waals surface area contributed by atoms with E-state index in [0.29, 0.717) is 0 Å². The van der Waals surface area contributed by atoms with E-state index in [9.17, 15) is 0 Å². The van der Waals surface area contributed by atoms with Gasteiger partial charge in [-0.15, -0.1) is 0 Å². The van der Waals surface area contributed by atoms with Crippen molar-refractivity contribution in [2.75, 3.05) is 0 Å². The summed E-state index contributed by atoms with van der Waals surface area (Å²) < 4.78 is 6.87. The van der Waals surface area contributed by atoms with Crippen molar-refractivity contribution >= 4 is 32.4 Å². The first-order valence-electron chi connectivity index (χ1n) is 20.0. The quantitative estimate of drug-likeness (QED) is 0.145. The highest BCUT2D eigenvalue weighted by Crippen LogP contribution is 2.44. The van der Waals surface area contributed by atoms with Crippen LogP contribution in [0, 0.1) is 12.3 Å². The van der Waals surface area contributed by atoms with Crippen LogP contribution in [-0.4, -0.2) is 16.1 Å². The molecule has 3 nitrogen and oxygen atoms in total. The SMILES string of the molecule is C=C(C)C(Oc1cc2ccccc2c(-c2cccc(-c3ccc4ccccc4c3-c3ccc(-c4nc(-c5ccccc5)nc5ccccc45)cc3)c2)c1C)C(C)(C)C. The van der Waals surface area contributed by atoms with E-state index in [-0.39, 0.29) is 11.5 Å². The Kier molecular flexibility index (Phi) is 9.46. The minimum absolute atomic E-state index is 0.109. The number of benzene rings is 8. The molecule has 0 N–H and O–H groups in total. The second-order valence-corrected chi connectivity index (χ2v) is 16.5. The van der Waals surface area contributed by atoms with Gasteiger partial charge in [0.1, 0.15) is 11.9 Å². The first-order valence-corrected chi connectivity index (χ1v) is 20.0. The third-order valence-electron chi connectivity index (χ3n) is 11.2. The van der Waals surface area contributed by atoms with Gasteiger partial charge in [-0.1, -0.05) is 179 Å². The minimum Gasteiger partial charge on any atom is -0.485 e. The first kappa shape index (κ1) is 36.8. The van der Waals surface area contributed by atoms with Crippen molar-refractivity contribution < 1.29 is 4.74 Å². The normalized spacial score (nSPS) is 12.2. The summed E-state index contributed by atoms with van der Waals surface area (Å²) in [4.78, 5) is 10.1. The molecule has 0 aliphatic carbocycles. The average molecular weight is 751 g/mol. The molecule has 1 unspecified atom stereocenters. The van der Waals surface area contributed by atoms with Crippen molar-refractivity contribution in [3.8, 4) is 61.8 Å². The summed E-state index contributed by atoms with van der Waals surface area (Å²) in [5, 5.41) is 5.80. The molecule has 1 aromatic heterocycles. The molecule has 0 bridgehead atoms. The zero-order valence-corrected chi connectivity index (χ0v) is 33.8. The molecular formula is C55H46N2O. The van der Waals surface area contributed by atoms with Crippen molar-refractivity contribution in [1.82, 2.24) is 9.97 Å². The van der Waals surface area contributed by atoms with Crippen LogP contribution in [0.5, 0.6) is 5.75 Å².